The number of esters is 1. The van der Waals surface area contributed by atoms with Crippen LogP contribution < -0.4 is 0 Å². The molecule has 6 nitrogen and oxygen atoms in total. The van der Waals surface area contributed by atoms with Crippen molar-refractivity contribution in [3.8, 4) is 0 Å². The number of methoxy groups -OCH3 is 1. The van der Waals surface area contributed by atoms with Crippen LogP contribution in [0.2, 0.25) is 0 Å². The van der Waals surface area contributed by atoms with E-state index in [1.54, 1.807) is 18.0 Å². The smallest absolute Gasteiger partial charge is 0.332 e. The molecule has 1 heterocycles. The zero-order chi connectivity index (χ0) is 16.0. The van der Waals surface area contributed by atoms with Gasteiger partial charge in [0.05, 0.1) is 7.11 Å². The third-order valence-electron chi connectivity index (χ3n) is 2.10. The number of rotatable bonds is 4. The number of hydrogen-bond acceptors (Lipinski definition) is 5. The van der Waals surface area contributed by atoms with Crippen molar-refractivity contribution >= 4 is 42.9 Å². The summed E-state index contributed by atoms with van der Waals surface area (Å²) in [5, 5.41) is 0. The van der Waals surface area contributed by atoms with E-state index in [-0.39, 0.29) is 11.9 Å². The lowest BCUT2D eigenvalue weighted by Crippen LogP contribution is -2.16. The van der Waals surface area contributed by atoms with Crippen molar-refractivity contribution in [3.63, 3.8) is 0 Å². The topological polar surface area (TPSA) is 65.1 Å². The zero-order valence-electron chi connectivity index (χ0n) is 12.8. The Balaban J connectivity index is 0. The van der Waals surface area contributed by atoms with Crippen molar-refractivity contribution in [2.75, 3.05) is 13.7 Å². The second-order valence-corrected chi connectivity index (χ2v) is 8.69. The molecule has 9 heteroatoms. The maximum atomic E-state index is 10.7. The Kier molecular flexibility index (Phi) is 15.3. The Bertz CT molecular complexity index is 323. The Morgan fingerprint density at radius 1 is 1.45 bits per heavy atom. The summed E-state index contributed by atoms with van der Waals surface area (Å²) in [6.07, 6.45) is 3.28. The van der Waals surface area contributed by atoms with E-state index in [1.165, 1.54) is 7.11 Å². The predicted octanol–water partition coefficient (Wildman–Crippen LogP) is -1.93. The number of ether oxygens (including phenoxy) is 1. The van der Waals surface area contributed by atoms with Gasteiger partial charge in [-0.25, -0.2) is 4.79 Å². The SMILES string of the molecule is C=C(C)C(=O)OC.C=CN1CCCC1=O.[SiH3]O[SiH2]O[SiH3]. The number of nitrogens with zero attached hydrogens (tertiary/aromatic N) is 1. The molecule has 1 aliphatic rings. The molecule has 1 amide bonds. The lowest BCUT2D eigenvalue weighted by Gasteiger charge is -2.05. The van der Waals surface area contributed by atoms with Crippen LogP contribution in [-0.2, 0) is 22.6 Å². The first-order chi connectivity index (χ1) is 9.44. The molecule has 0 saturated carbocycles. The third kappa shape index (κ3) is 12.0. The second-order valence-electron chi connectivity index (χ2n) is 3.84. The van der Waals surface area contributed by atoms with Gasteiger partial charge in [0.25, 0.3) is 10.0 Å². The highest BCUT2D eigenvalue weighted by atomic mass is 28.3. The van der Waals surface area contributed by atoms with Crippen molar-refractivity contribution in [1.29, 1.82) is 0 Å². The first-order valence-electron chi connectivity index (χ1n) is 6.08. The van der Waals surface area contributed by atoms with E-state index in [9.17, 15) is 9.59 Å². The quantitative estimate of drug-likeness (QED) is 0.340. The Hall–Kier alpha value is -1.01. The van der Waals surface area contributed by atoms with Gasteiger partial charge in [0.15, 0.2) is 0 Å². The molecule has 0 radical (unpaired) electrons. The lowest BCUT2D eigenvalue weighted by atomic mass is 10.4. The molecule has 0 aliphatic carbocycles. The van der Waals surface area contributed by atoms with Crippen molar-refractivity contribution in [3.05, 3.63) is 24.9 Å². The summed E-state index contributed by atoms with van der Waals surface area (Å²) in [5.74, 6) is -0.139. The van der Waals surface area contributed by atoms with Gasteiger partial charge in [0, 0.05) is 18.5 Å². The Morgan fingerprint density at radius 2 is 2.00 bits per heavy atom. The molecule has 1 aliphatic heterocycles. The number of hydrogen-bond donors (Lipinski definition) is 0. The van der Waals surface area contributed by atoms with Crippen LogP contribution in [0, 0.1) is 0 Å². The first-order valence-corrected chi connectivity index (χ1v) is 8.87. The highest BCUT2D eigenvalue weighted by Crippen LogP contribution is 2.08. The summed E-state index contributed by atoms with van der Waals surface area (Å²) in [5.41, 5.74) is 0.433. The van der Waals surface area contributed by atoms with Gasteiger partial charge in [-0.1, -0.05) is 13.2 Å². The molecule has 0 aromatic carbocycles. The zero-order valence-corrected chi connectivity index (χ0v) is 18.2. The lowest BCUT2D eigenvalue weighted by molar-refractivity contribution is -0.136. The summed E-state index contributed by atoms with van der Waals surface area (Å²) in [7, 11) is 2.60. The van der Waals surface area contributed by atoms with Crippen LogP contribution in [0.1, 0.15) is 19.8 Å². The van der Waals surface area contributed by atoms with Crippen LogP contribution in [0.5, 0.6) is 0 Å². The molecule has 116 valence electrons. The number of carbonyl (C=O) groups is 2. The van der Waals surface area contributed by atoms with E-state index in [4.69, 9.17) is 8.23 Å². The molecule has 0 atom stereocenters. The number of amides is 1. The largest absolute Gasteiger partial charge is 0.466 e. The third-order valence-corrected chi connectivity index (χ3v) is 3.99. The van der Waals surface area contributed by atoms with Crippen LogP contribution in [-0.4, -0.2) is 61.4 Å². The molecular formula is C11H25NO5Si3. The fraction of sp³-hybridized carbons (Fsp3) is 0.455. The van der Waals surface area contributed by atoms with E-state index in [1.807, 2.05) is 0 Å². The van der Waals surface area contributed by atoms with Gasteiger partial charge in [-0.15, -0.1) is 0 Å². The van der Waals surface area contributed by atoms with Crippen molar-refractivity contribution in [2.24, 2.45) is 0 Å². The molecule has 20 heavy (non-hydrogen) atoms. The van der Waals surface area contributed by atoms with Crippen molar-refractivity contribution in [1.82, 2.24) is 4.90 Å². The van der Waals surface area contributed by atoms with E-state index < -0.39 is 10.0 Å². The van der Waals surface area contributed by atoms with Crippen LogP contribution in [0.25, 0.3) is 0 Å². The summed E-state index contributed by atoms with van der Waals surface area (Å²) >= 11 is 0. The highest BCUT2D eigenvalue weighted by molar-refractivity contribution is 6.33. The normalized spacial score (nSPS) is 13.5. The van der Waals surface area contributed by atoms with Gasteiger partial charge < -0.3 is 17.9 Å². The minimum atomic E-state index is -0.444. The predicted molar refractivity (Wildman–Crippen MR) is 88.6 cm³/mol. The molecule has 0 N–H and O–H groups in total. The van der Waals surface area contributed by atoms with Crippen LogP contribution >= 0.6 is 0 Å². The van der Waals surface area contributed by atoms with Crippen LogP contribution in [0.3, 0.4) is 0 Å². The summed E-state index contributed by atoms with van der Waals surface area (Å²) in [4.78, 5) is 22.5. The second kappa shape index (κ2) is 14.4. The van der Waals surface area contributed by atoms with Crippen LogP contribution in [0.15, 0.2) is 24.9 Å². The summed E-state index contributed by atoms with van der Waals surface area (Å²) in [6.45, 7) is 9.32. The standard InChI is InChI=1S/C6H9NO.C5H8O2.H8O2Si3/c1-2-7-5-3-4-6(7)8;1-4(2)5(6)7-3;3-1-5-2-4/h2H,1,3-5H2;1H2,2-3H3;5H2,3-4H3. The fourth-order valence-electron chi connectivity index (χ4n) is 1.15. The Labute approximate surface area is 129 Å². The highest BCUT2D eigenvalue weighted by Gasteiger charge is 2.15. The maximum Gasteiger partial charge on any atom is 0.332 e. The summed E-state index contributed by atoms with van der Waals surface area (Å²) < 4.78 is 13.8. The number of carbonyl (C=O) groups excluding carboxylic acids is 2. The van der Waals surface area contributed by atoms with Gasteiger partial charge in [0.2, 0.25) is 5.91 Å². The van der Waals surface area contributed by atoms with Gasteiger partial charge >= 0.3 is 5.97 Å². The van der Waals surface area contributed by atoms with Gasteiger partial charge in [0.1, 0.15) is 21.0 Å². The van der Waals surface area contributed by atoms with Gasteiger partial charge in [-0.3, -0.25) is 4.79 Å². The molecule has 1 rings (SSSR count). The van der Waals surface area contributed by atoms with E-state index in [0.717, 1.165) is 33.9 Å². The molecule has 0 bridgehead atoms. The molecule has 0 unspecified atom stereocenters. The van der Waals surface area contributed by atoms with E-state index in [0.29, 0.717) is 12.0 Å². The van der Waals surface area contributed by atoms with E-state index in [2.05, 4.69) is 17.9 Å². The average molecular weight is 336 g/mol. The molecule has 1 fully saturated rings. The van der Waals surface area contributed by atoms with Gasteiger partial charge in [-0.2, -0.15) is 0 Å². The molecule has 0 aromatic heterocycles. The molecule has 1 saturated heterocycles. The first kappa shape index (κ1) is 21.3. The minimum Gasteiger partial charge on any atom is -0.466 e. The number of likely N-dealkylation sites (tertiary alicyclic amines) is 1. The average Bonchev–Trinajstić information content (AvgIpc) is 2.85. The van der Waals surface area contributed by atoms with Crippen LogP contribution in [0.4, 0.5) is 0 Å². The van der Waals surface area contributed by atoms with E-state index >= 15 is 0 Å². The van der Waals surface area contributed by atoms with Crippen molar-refractivity contribution in [2.45, 2.75) is 19.8 Å². The summed E-state index contributed by atoms with van der Waals surface area (Å²) in [6, 6.07) is 0. The fourth-order valence-corrected chi connectivity index (χ4v) is 4.22. The molecule has 0 aromatic rings. The maximum absolute atomic E-state index is 10.7. The molecule has 0 spiro atoms. The monoisotopic (exact) mass is 335 g/mol. The molecular weight excluding hydrogens is 310 g/mol. The Morgan fingerprint density at radius 3 is 2.10 bits per heavy atom. The minimum absolute atomic E-state index is 0.208. The van der Waals surface area contributed by atoms with Gasteiger partial charge in [-0.05, 0) is 19.5 Å². The van der Waals surface area contributed by atoms with Crippen molar-refractivity contribution < 1.29 is 22.6 Å².